The fraction of sp³-hybridized carbons (Fsp3) is 0.583. The Kier molecular flexibility index (Phi) is 24.1. The molecule has 0 saturated heterocycles. The zero-order valence-corrected chi connectivity index (χ0v) is 18.9. The first kappa shape index (κ1) is 32.9. The number of carboxylic acids is 5. The molecule has 0 aromatic carbocycles. The van der Waals surface area contributed by atoms with Crippen LogP contribution in [0, 0.1) is 0 Å². The summed E-state index contributed by atoms with van der Waals surface area (Å²) in [4.78, 5) is 53.4. The molecule has 0 aliphatic carbocycles. The Hall–Kier alpha value is -0.730. The van der Waals surface area contributed by atoms with Crippen LogP contribution in [0.15, 0.2) is 0 Å². The second kappa shape index (κ2) is 19.0. The molecule has 0 heterocycles. The van der Waals surface area contributed by atoms with E-state index in [0.29, 0.717) is 0 Å². The Morgan fingerprint density at radius 3 is 0.846 bits per heavy atom. The zero-order chi connectivity index (χ0) is 19.3. The number of carbonyl (C=O) groups is 5. The number of hydrogen-bond acceptors (Lipinski definition) is 7. The molecule has 0 amide bonds. The van der Waals surface area contributed by atoms with Crippen LogP contribution in [-0.4, -0.2) is 164 Å². The van der Waals surface area contributed by atoms with Gasteiger partial charge in [0.2, 0.25) is 0 Å². The summed E-state index contributed by atoms with van der Waals surface area (Å²) in [6.07, 6.45) is 0. The number of nitrogens with zero attached hydrogens (tertiary/aromatic N) is 2. The predicted octanol–water partition coefficient (Wildman–Crippen LogP) is -2.74. The number of aliphatic carboxylic acids is 5. The average Bonchev–Trinajstić information content (AvgIpc) is 2.32. The normalized spacial score (nSPS) is 9.19. The molecule has 2 radical (unpaired) electrons. The van der Waals surface area contributed by atoms with Crippen LogP contribution in [0.4, 0.5) is 0 Å². The second-order valence-corrected chi connectivity index (χ2v) is 4.52. The molecule has 0 rings (SSSR count). The minimum Gasteiger partial charge on any atom is -0.481 e. The van der Waals surface area contributed by atoms with Gasteiger partial charge in [0, 0.05) is 79.1 Å². The van der Waals surface area contributed by atoms with Gasteiger partial charge < -0.3 is 25.5 Å². The summed E-state index contributed by atoms with van der Waals surface area (Å²) < 4.78 is 0. The van der Waals surface area contributed by atoms with E-state index in [-0.39, 0.29) is 72.2 Å². The fourth-order valence-corrected chi connectivity index (χ4v) is 1.48. The van der Waals surface area contributed by atoms with Gasteiger partial charge in [0.25, 0.3) is 5.97 Å². The minimum atomic E-state index is -1.23. The first-order chi connectivity index (χ1) is 10.9. The van der Waals surface area contributed by atoms with Crippen LogP contribution in [0.25, 0.3) is 0 Å². The Morgan fingerprint density at radius 1 is 0.577 bits per heavy atom. The molecule has 140 valence electrons. The minimum absolute atomic E-state index is 0. The summed E-state index contributed by atoms with van der Waals surface area (Å²) in [6, 6.07) is 0. The summed E-state index contributed by atoms with van der Waals surface area (Å²) in [5, 5.41) is 41.9. The van der Waals surface area contributed by atoms with Gasteiger partial charge in [0.05, 0.1) is 26.2 Å². The molecule has 0 aromatic heterocycles. The predicted molar refractivity (Wildman–Crippen MR) is 88.2 cm³/mol. The van der Waals surface area contributed by atoms with Crippen molar-refractivity contribution in [2.24, 2.45) is 0 Å². The molecular weight excluding hydrogens is 378 g/mol. The Labute approximate surface area is 193 Å². The van der Waals surface area contributed by atoms with Gasteiger partial charge in [-0.15, -0.1) is 0 Å². The maximum Gasteiger partial charge on any atom is 0.317 e. The van der Waals surface area contributed by atoms with Gasteiger partial charge in [-0.2, -0.15) is 0 Å². The second-order valence-electron chi connectivity index (χ2n) is 4.52. The van der Waals surface area contributed by atoms with Crippen LogP contribution in [-0.2, 0) is 24.0 Å². The van der Waals surface area contributed by atoms with Crippen LogP contribution in [0.2, 0.25) is 0 Å². The first-order valence-corrected chi connectivity index (χ1v) is 6.45. The van der Waals surface area contributed by atoms with E-state index in [1.807, 2.05) is 0 Å². The van der Waals surface area contributed by atoms with Crippen molar-refractivity contribution in [1.82, 2.24) is 9.80 Å². The summed E-state index contributed by atoms with van der Waals surface area (Å²) >= 11 is 0. The summed E-state index contributed by atoms with van der Waals surface area (Å²) in [5.74, 6) is -5.74. The van der Waals surface area contributed by atoms with E-state index < -0.39 is 56.0 Å². The van der Waals surface area contributed by atoms with Gasteiger partial charge in [-0.1, -0.05) is 0 Å². The molecule has 0 aliphatic rings. The van der Waals surface area contributed by atoms with Crippen LogP contribution < -0.4 is 0 Å². The Morgan fingerprint density at radius 2 is 0.731 bits per heavy atom. The summed E-state index contributed by atoms with van der Waals surface area (Å²) in [5.41, 5.74) is 0. The fourth-order valence-electron chi connectivity index (χ4n) is 1.48. The van der Waals surface area contributed by atoms with Crippen molar-refractivity contribution in [2.45, 2.75) is 6.92 Å². The standard InChI is InChI=1S/C10H16N2O8.C2H4O2.2Na/c13-7(14)3-11(4-8(15)16)1-2-12(5-9(17)18)6-10(19)20;1-2(3)4;;/h1-6H2,(H,13,14)(H,15,16)(H,17,18)(H,19,20);1H3,(H,3,4);;. The molecule has 0 bridgehead atoms. The molecule has 26 heavy (non-hydrogen) atoms. The molecule has 5 N–H and O–H groups in total. The van der Waals surface area contributed by atoms with E-state index in [1.54, 1.807) is 0 Å². The first-order valence-electron chi connectivity index (χ1n) is 6.45. The monoisotopic (exact) mass is 398 g/mol. The number of hydrogen-bond donors (Lipinski definition) is 5. The molecule has 14 heteroatoms. The third-order valence-corrected chi connectivity index (χ3v) is 2.17. The molecule has 12 nitrogen and oxygen atoms in total. The van der Waals surface area contributed by atoms with E-state index in [1.165, 1.54) is 0 Å². The van der Waals surface area contributed by atoms with Gasteiger partial charge in [-0.25, -0.2) is 0 Å². The van der Waals surface area contributed by atoms with Crippen LogP contribution in [0.3, 0.4) is 0 Å². The van der Waals surface area contributed by atoms with Crippen molar-refractivity contribution in [1.29, 1.82) is 0 Å². The molecule has 0 aromatic rings. The van der Waals surface area contributed by atoms with Gasteiger partial charge in [0.15, 0.2) is 0 Å². The summed E-state index contributed by atoms with van der Waals surface area (Å²) in [7, 11) is 0. The third-order valence-electron chi connectivity index (χ3n) is 2.17. The van der Waals surface area contributed by atoms with Crippen molar-refractivity contribution < 1.29 is 49.5 Å². The van der Waals surface area contributed by atoms with E-state index >= 15 is 0 Å². The van der Waals surface area contributed by atoms with Crippen molar-refractivity contribution in [3.05, 3.63) is 0 Å². The maximum atomic E-state index is 10.6. The third kappa shape index (κ3) is 28.1. The average molecular weight is 398 g/mol. The molecule has 0 aliphatic heterocycles. The van der Waals surface area contributed by atoms with E-state index in [2.05, 4.69) is 0 Å². The molecule has 0 spiro atoms. The SMILES string of the molecule is CC(=O)O.O=C(O)CN(CCN(CC(=O)O)CC(=O)O)CC(=O)O.[Na].[Na]. The van der Waals surface area contributed by atoms with Gasteiger partial charge in [0.1, 0.15) is 0 Å². The zero-order valence-electron chi connectivity index (χ0n) is 14.9. The largest absolute Gasteiger partial charge is 0.481 e. The molecule has 0 fully saturated rings. The van der Waals surface area contributed by atoms with E-state index in [0.717, 1.165) is 16.7 Å². The quantitative estimate of drug-likeness (QED) is 0.226. The van der Waals surface area contributed by atoms with Crippen LogP contribution in [0.1, 0.15) is 6.92 Å². The molecule has 0 unspecified atom stereocenters. The van der Waals surface area contributed by atoms with Crippen molar-refractivity contribution >= 4 is 89.0 Å². The molecular formula is C12H20N2Na2O10. The Balaban J connectivity index is -0.000000363. The molecule has 0 atom stereocenters. The van der Waals surface area contributed by atoms with Gasteiger partial charge in [-0.05, 0) is 0 Å². The number of rotatable bonds is 11. The number of carboxylic acid groups (broad SMARTS) is 5. The van der Waals surface area contributed by atoms with Crippen molar-refractivity contribution in [3.63, 3.8) is 0 Å². The Bertz CT molecular complexity index is 403. The maximum absolute atomic E-state index is 10.6. The van der Waals surface area contributed by atoms with Gasteiger partial charge in [-0.3, -0.25) is 33.8 Å². The van der Waals surface area contributed by atoms with E-state index in [9.17, 15) is 19.2 Å². The smallest absolute Gasteiger partial charge is 0.317 e. The van der Waals surface area contributed by atoms with Crippen molar-refractivity contribution in [3.8, 4) is 0 Å². The van der Waals surface area contributed by atoms with E-state index in [4.69, 9.17) is 30.3 Å². The molecule has 0 saturated carbocycles. The van der Waals surface area contributed by atoms with Crippen molar-refractivity contribution in [2.75, 3.05) is 39.3 Å². The topological polar surface area (TPSA) is 193 Å². The van der Waals surface area contributed by atoms with Crippen LogP contribution >= 0.6 is 0 Å². The van der Waals surface area contributed by atoms with Crippen LogP contribution in [0.5, 0.6) is 0 Å². The summed E-state index contributed by atoms with van der Waals surface area (Å²) in [6.45, 7) is -1.17. The van der Waals surface area contributed by atoms with Gasteiger partial charge >= 0.3 is 23.9 Å².